The number of hydrogen-bond donors (Lipinski definition) is 1. The topological polar surface area (TPSA) is 76.6 Å². The van der Waals surface area contributed by atoms with Crippen molar-refractivity contribution in [1.29, 1.82) is 0 Å². The van der Waals surface area contributed by atoms with Crippen LogP contribution in [0.1, 0.15) is 28.7 Å². The SMILES string of the molecule is CCOC(=O)c1nccc(NCC2CN(Cc3ccccc3C)CCO2)n1. The fourth-order valence-corrected chi connectivity index (χ4v) is 3.05. The molecule has 1 atom stereocenters. The first kappa shape index (κ1) is 19.3. The van der Waals surface area contributed by atoms with Gasteiger partial charge in [-0.15, -0.1) is 0 Å². The first-order valence-electron chi connectivity index (χ1n) is 9.28. The first-order chi connectivity index (χ1) is 13.2. The number of esters is 1. The van der Waals surface area contributed by atoms with E-state index in [2.05, 4.69) is 51.4 Å². The van der Waals surface area contributed by atoms with Gasteiger partial charge in [0, 0.05) is 32.4 Å². The third-order valence-electron chi connectivity index (χ3n) is 4.50. The minimum Gasteiger partial charge on any atom is -0.460 e. The highest BCUT2D eigenvalue weighted by atomic mass is 16.5. The van der Waals surface area contributed by atoms with E-state index in [0.717, 1.165) is 19.6 Å². The maximum absolute atomic E-state index is 11.7. The van der Waals surface area contributed by atoms with Gasteiger partial charge in [-0.25, -0.2) is 14.8 Å². The molecule has 1 aromatic carbocycles. The first-order valence-corrected chi connectivity index (χ1v) is 9.28. The van der Waals surface area contributed by atoms with Gasteiger partial charge in [-0.2, -0.15) is 0 Å². The van der Waals surface area contributed by atoms with Crippen molar-refractivity contribution >= 4 is 11.8 Å². The van der Waals surface area contributed by atoms with Crippen molar-refractivity contribution < 1.29 is 14.3 Å². The van der Waals surface area contributed by atoms with Crippen LogP contribution in [0.5, 0.6) is 0 Å². The second kappa shape index (κ2) is 9.43. The minimum atomic E-state index is -0.514. The molecule has 1 saturated heterocycles. The van der Waals surface area contributed by atoms with Gasteiger partial charge in [0.15, 0.2) is 0 Å². The summed E-state index contributed by atoms with van der Waals surface area (Å²) in [5.74, 6) is 0.139. The number of carbonyl (C=O) groups excluding carboxylic acids is 1. The summed E-state index contributed by atoms with van der Waals surface area (Å²) in [4.78, 5) is 22.3. The average molecular weight is 370 g/mol. The molecule has 1 aromatic heterocycles. The van der Waals surface area contributed by atoms with Crippen molar-refractivity contribution in [3.05, 3.63) is 53.5 Å². The molecule has 1 N–H and O–H groups in total. The standard InChI is InChI=1S/C20H26N4O3/c1-3-26-20(25)19-21-9-8-18(23-19)22-12-17-14-24(10-11-27-17)13-16-7-5-4-6-15(16)2/h4-9,17H,3,10-14H2,1-2H3,(H,21,22,23). The highest BCUT2D eigenvalue weighted by molar-refractivity contribution is 5.85. The van der Waals surface area contributed by atoms with Crippen molar-refractivity contribution in [1.82, 2.24) is 14.9 Å². The van der Waals surface area contributed by atoms with Crippen LogP contribution in [0, 0.1) is 6.92 Å². The van der Waals surface area contributed by atoms with Crippen molar-refractivity contribution in [2.24, 2.45) is 0 Å². The normalized spacial score (nSPS) is 17.5. The Bertz CT molecular complexity index is 768. The number of nitrogens with zero attached hydrogens (tertiary/aromatic N) is 3. The van der Waals surface area contributed by atoms with E-state index in [9.17, 15) is 4.79 Å². The van der Waals surface area contributed by atoms with Crippen LogP contribution in [-0.4, -0.2) is 59.8 Å². The molecule has 0 bridgehead atoms. The Hall–Kier alpha value is -2.51. The summed E-state index contributed by atoms with van der Waals surface area (Å²) in [6, 6.07) is 10.2. The summed E-state index contributed by atoms with van der Waals surface area (Å²) in [6.07, 6.45) is 1.61. The Labute approximate surface area is 159 Å². The molecule has 0 spiro atoms. The van der Waals surface area contributed by atoms with Crippen molar-refractivity contribution in [2.45, 2.75) is 26.5 Å². The molecule has 0 aliphatic carbocycles. The number of anilines is 1. The lowest BCUT2D eigenvalue weighted by molar-refractivity contribution is -0.0241. The molecular weight excluding hydrogens is 344 g/mol. The molecule has 0 amide bonds. The molecule has 2 aromatic rings. The molecule has 2 heterocycles. The van der Waals surface area contributed by atoms with Crippen LogP contribution in [0.3, 0.4) is 0 Å². The molecule has 27 heavy (non-hydrogen) atoms. The summed E-state index contributed by atoms with van der Waals surface area (Å²) >= 11 is 0. The molecule has 0 saturated carbocycles. The Morgan fingerprint density at radius 1 is 1.37 bits per heavy atom. The van der Waals surface area contributed by atoms with Gasteiger partial charge < -0.3 is 14.8 Å². The Balaban J connectivity index is 1.53. The van der Waals surface area contributed by atoms with Gasteiger partial charge in [0.2, 0.25) is 5.82 Å². The molecule has 1 aliphatic heterocycles. The maximum atomic E-state index is 11.7. The monoisotopic (exact) mass is 370 g/mol. The Kier molecular flexibility index (Phi) is 6.73. The third kappa shape index (κ3) is 5.48. The molecule has 7 nitrogen and oxygen atoms in total. The average Bonchev–Trinajstić information content (AvgIpc) is 2.69. The molecule has 0 radical (unpaired) electrons. The summed E-state index contributed by atoms with van der Waals surface area (Å²) in [6.45, 7) is 8.20. The van der Waals surface area contributed by atoms with E-state index in [0.29, 0.717) is 25.6 Å². The van der Waals surface area contributed by atoms with Crippen LogP contribution < -0.4 is 5.32 Å². The molecule has 7 heteroatoms. The predicted octanol–water partition coefficient (Wildman–Crippen LogP) is 2.27. The summed E-state index contributed by atoms with van der Waals surface area (Å²) in [5.41, 5.74) is 2.66. The molecule has 3 rings (SSSR count). The highest BCUT2D eigenvalue weighted by Crippen LogP contribution is 2.14. The van der Waals surface area contributed by atoms with E-state index in [1.165, 1.54) is 11.1 Å². The van der Waals surface area contributed by atoms with Gasteiger partial charge in [0.05, 0.1) is 19.3 Å². The number of hydrogen-bond acceptors (Lipinski definition) is 7. The van der Waals surface area contributed by atoms with E-state index in [1.807, 2.05) is 0 Å². The van der Waals surface area contributed by atoms with Crippen LogP contribution in [0.4, 0.5) is 5.82 Å². The van der Waals surface area contributed by atoms with Gasteiger partial charge in [-0.3, -0.25) is 4.90 Å². The number of nitrogens with one attached hydrogen (secondary N) is 1. The lowest BCUT2D eigenvalue weighted by Gasteiger charge is -2.33. The molecular formula is C20H26N4O3. The lowest BCUT2D eigenvalue weighted by Crippen LogP contribution is -2.44. The molecule has 1 fully saturated rings. The fourth-order valence-electron chi connectivity index (χ4n) is 3.05. The third-order valence-corrected chi connectivity index (χ3v) is 4.50. The predicted molar refractivity (Wildman–Crippen MR) is 103 cm³/mol. The fraction of sp³-hybridized carbons (Fsp3) is 0.450. The van der Waals surface area contributed by atoms with E-state index in [1.54, 1.807) is 19.2 Å². The Morgan fingerprint density at radius 2 is 2.22 bits per heavy atom. The second-order valence-electron chi connectivity index (χ2n) is 6.52. The van der Waals surface area contributed by atoms with Gasteiger partial charge in [-0.1, -0.05) is 24.3 Å². The van der Waals surface area contributed by atoms with Gasteiger partial charge in [-0.05, 0) is 31.0 Å². The van der Waals surface area contributed by atoms with E-state index >= 15 is 0 Å². The van der Waals surface area contributed by atoms with Crippen LogP contribution >= 0.6 is 0 Å². The van der Waals surface area contributed by atoms with Crippen molar-refractivity contribution in [3.63, 3.8) is 0 Å². The lowest BCUT2D eigenvalue weighted by atomic mass is 10.1. The summed E-state index contributed by atoms with van der Waals surface area (Å²) in [5, 5.41) is 3.24. The van der Waals surface area contributed by atoms with E-state index in [-0.39, 0.29) is 11.9 Å². The van der Waals surface area contributed by atoms with Gasteiger partial charge in [0.1, 0.15) is 5.82 Å². The van der Waals surface area contributed by atoms with Crippen molar-refractivity contribution in [2.75, 3.05) is 38.2 Å². The molecule has 144 valence electrons. The van der Waals surface area contributed by atoms with Crippen LogP contribution in [-0.2, 0) is 16.0 Å². The molecule has 1 unspecified atom stereocenters. The quantitative estimate of drug-likeness (QED) is 0.749. The van der Waals surface area contributed by atoms with Crippen LogP contribution in [0.25, 0.3) is 0 Å². The Morgan fingerprint density at radius 3 is 3.04 bits per heavy atom. The number of ether oxygens (including phenoxy) is 2. The molecule has 1 aliphatic rings. The largest absolute Gasteiger partial charge is 0.460 e. The zero-order valence-electron chi connectivity index (χ0n) is 15.9. The maximum Gasteiger partial charge on any atom is 0.376 e. The van der Waals surface area contributed by atoms with Gasteiger partial charge >= 0.3 is 5.97 Å². The highest BCUT2D eigenvalue weighted by Gasteiger charge is 2.21. The van der Waals surface area contributed by atoms with Crippen molar-refractivity contribution in [3.8, 4) is 0 Å². The number of aromatic nitrogens is 2. The number of benzene rings is 1. The minimum absolute atomic E-state index is 0.0591. The number of aryl methyl sites for hydroxylation is 1. The zero-order chi connectivity index (χ0) is 19.1. The number of carbonyl (C=O) groups is 1. The smallest absolute Gasteiger partial charge is 0.376 e. The summed E-state index contributed by atoms with van der Waals surface area (Å²) in [7, 11) is 0. The zero-order valence-corrected chi connectivity index (χ0v) is 15.9. The van der Waals surface area contributed by atoms with Gasteiger partial charge in [0.25, 0.3) is 0 Å². The van der Waals surface area contributed by atoms with Crippen LogP contribution in [0.15, 0.2) is 36.5 Å². The van der Waals surface area contributed by atoms with Crippen LogP contribution in [0.2, 0.25) is 0 Å². The second-order valence-corrected chi connectivity index (χ2v) is 6.52. The van der Waals surface area contributed by atoms with E-state index in [4.69, 9.17) is 9.47 Å². The van der Waals surface area contributed by atoms with E-state index < -0.39 is 5.97 Å². The summed E-state index contributed by atoms with van der Waals surface area (Å²) < 4.78 is 10.8. The number of morpholine rings is 1. The number of rotatable bonds is 7.